The highest BCUT2D eigenvalue weighted by molar-refractivity contribution is 5.85. The molecular weight excluding hydrogens is 352 g/mol. The number of carbonyl (C=O) groups excluding carboxylic acids is 1. The van der Waals surface area contributed by atoms with Crippen LogP contribution in [0.25, 0.3) is 0 Å². The van der Waals surface area contributed by atoms with Gasteiger partial charge in [0.25, 0.3) is 0 Å². The lowest BCUT2D eigenvalue weighted by atomic mass is 10.0. The third-order valence-corrected chi connectivity index (χ3v) is 5.62. The summed E-state index contributed by atoms with van der Waals surface area (Å²) in [6.07, 6.45) is 2.07. The van der Waals surface area contributed by atoms with Gasteiger partial charge in [-0.2, -0.15) is 0 Å². The van der Waals surface area contributed by atoms with E-state index in [0.29, 0.717) is 12.5 Å². The average molecular weight is 381 g/mol. The molecule has 144 valence electrons. The van der Waals surface area contributed by atoms with E-state index in [9.17, 15) is 4.79 Å². The second-order valence-corrected chi connectivity index (χ2v) is 7.60. The molecule has 0 radical (unpaired) electrons. The van der Waals surface area contributed by atoms with Crippen LogP contribution in [0, 0.1) is 5.92 Å². The molecule has 0 spiro atoms. The van der Waals surface area contributed by atoms with Crippen LogP contribution in [-0.4, -0.2) is 49.2 Å². The number of benzene rings is 1. The second-order valence-electron chi connectivity index (χ2n) is 7.60. The molecule has 1 aliphatic carbocycles. The van der Waals surface area contributed by atoms with Crippen molar-refractivity contribution in [3.8, 4) is 11.5 Å². The van der Waals surface area contributed by atoms with Gasteiger partial charge in [0.1, 0.15) is 17.6 Å². The number of carbonyl (C=O) groups is 1. The minimum atomic E-state index is 0. The SMILES string of the molecule is CCOc1cc2c(cc1C1CC1C(=O)N1CCNC[C@@H]1C)OC(C)C2.Cl. The van der Waals surface area contributed by atoms with Crippen molar-refractivity contribution in [1.82, 2.24) is 10.2 Å². The first kappa shape index (κ1) is 19.3. The van der Waals surface area contributed by atoms with Crippen molar-refractivity contribution < 1.29 is 14.3 Å². The summed E-state index contributed by atoms with van der Waals surface area (Å²) in [4.78, 5) is 15.0. The first-order chi connectivity index (χ1) is 12.1. The predicted octanol–water partition coefficient (Wildman–Crippen LogP) is 2.75. The Morgan fingerprint density at radius 1 is 1.38 bits per heavy atom. The molecule has 1 aromatic carbocycles. The molecule has 0 bridgehead atoms. The van der Waals surface area contributed by atoms with Gasteiger partial charge in [-0.25, -0.2) is 0 Å². The van der Waals surface area contributed by atoms with Gasteiger partial charge in [0, 0.05) is 55.1 Å². The lowest BCUT2D eigenvalue weighted by Gasteiger charge is -2.34. The smallest absolute Gasteiger partial charge is 0.226 e. The topological polar surface area (TPSA) is 50.8 Å². The largest absolute Gasteiger partial charge is 0.494 e. The number of amides is 1. The van der Waals surface area contributed by atoms with E-state index in [1.54, 1.807) is 0 Å². The number of rotatable bonds is 4. The van der Waals surface area contributed by atoms with Gasteiger partial charge in [-0.1, -0.05) is 0 Å². The zero-order valence-electron chi connectivity index (χ0n) is 15.8. The molecule has 4 rings (SSSR count). The van der Waals surface area contributed by atoms with Gasteiger partial charge in [0.05, 0.1) is 6.61 Å². The molecular formula is C20H29ClN2O3. The number of hydrogen-bond donors (Lipinski definition) is 1. The highest BCUT2D eigenvalue weighted by Gasteiger charge is 2.48. The molecule has 4 atom stereocenters. The van der Waals surface area contributed by atoms with Crippen LogP contribution < -0.4 is 14.8 Å². The van der Waals surface area contributed by atoms with Gasteiger partial charge in [-0.15, -0.1) is 12.4 Å². The Bertz CT molecular complexity index is 681. The van der Waals surface area contributed by atoms with Gasteiger partial charge in [0.2, 0.25) is 5.91 Å². The van der Waals surface area contributed by atoms with Crippen molar-refractivity contribution in [3.63, 3.8) is 0 Å². The fourth-order valence-electron chi connectivity index (χ4n) is 4.22. The summed E-state index contributed by atoms with van der Waals surface area (Å²) in [5.74, 6) is 2.57. The molecule has 3 unspecified atom stereocenters. The Hall–Kier alpha value is -1.46. The standard InChI is InChI=1S/C20H28N2O3.ClH/c1-4-24-19-8-14-7-13(3)25-18(14)10-16(19)15-9-17(15)20(23)22-6-5-21-11-12(22)2;/h8,10,12-13,15,17,21H,4-7,9,11H2,1-3H3;1H/t12-,13?,15?,17?;/m0./s1. The van der Waals surface area contributed by atoms with Crippen molar-refractivity contribution in [2.45, 2.75) is 51.7 Å². The summed E-state index contributed by atoms with van der Waals surface area (Å²) < 4.78 is 11.8. The number of fused-ring (bicyclic) bond motifs is 1. The highest BCUT2D eigenvalue weighted by atomic mass is 35.5. The minimum absolute atomic E-state index is 0. The average Bonchev–Trinajstić information content (AvgIpc) is 3.29. The molecule has 1 saturated heterocycles. The number of hydrogen-bond acceptors (Lipinski definition) is 4. The number of nitrogens with zero attached hydrogens (tertiary/aromatic N) is 1. The highest BCUT2D eigenvalue weighted by Crippen LogP contribution is 2.53. The molecule has 2 fully saturated rings. The van der Waals surface area contributed by atoms with Crippen LogP contribution >= 0.6 is 12.4 Å². The van der Waals surface area contributed by atoms with E-state index < -0.39 is 0 Å². The number of nitrogens with one attached hydrogen (secondary N) is 1. The molecule has 5 nitrogen and oxygen atoms in total. The van der Waals surface area contributed by atoms with Crippen molar-refractivity contribution in [2.75, 3.05) is 26.2 Å². The lowest BCUT2D eigenvalue weighted by Crippen LogP contribution is -2.52. The molecule has 1 saturated carbocycles. The Morgan fingerprint density at radius 2 is 2.19 bits per heavy atom. The van der Waals surface area contributed by atoms with Gasteiger partial charge < -0.3 is 19.7 Å². The van der Waals surface area contributed by atoms with Crippen LogP contribution in [0.4, 0.5) is 0 Å². The zero-order valence-corrected chi connectivity index (χ0v) is 16.6. The van der Waals surface area contributed by atoms with Crippen LogP contribution in [0.1, 0.15) is 44.2 Å². The number of halogens is 1. The molecule has 0 aromatic heterocycles. The molecule has 6 heteroatoms. The summed E-state index contributed by atoms with van der Waals surface area (Å²) in [5, 5.41) is 3.35. The molecule has 26 heavy (non-hydrogen) atoms. The molecule has 2 heterocycles. The maximum atomic E-state index is 12.9. The summed E-state index contributed by atoms with van der Waals surface area (Å²) >= 11 is 0. The Balaban J connectivity index is 0.00000196. The quantitative estimate of drug-likeness (QED) is 0.872. The number of piperazine rings is 1. The molecule has 2 aliphatic heterocycles. The Labute approximate surface area is 161 Å². The van der Waals surface area contributed by atoms with E-state index in [1.807, 2.05) is 11.8 Å². The monoisotopic (exact) mass is 380 g/mol. The maximum Gasteiger partial charge on any atom is 0.226 e. The van der Waals surface area contributed by atoms with Crippen LogP contribution in [0.2, 0.25) is 0 Å². The van der Waals surface area contributed by atoms with Crippen LogP contribution in [0.5, 0.6) is 11.5 Å². The van der Waals surface area contributed by atoms with E-state index in [1.165, 1.54) is 5.56 Å². The van der Waals surface area contributed by atoms with E-state index >= 15 is 0 Å². The van der Waals surface area contributed by atoms with Crippen LogP contribution in [-0.2, 0) is 11.2 Å². The normalized spacial score (nSPS) is 29.4. The van der Waals surface area contributed by atoms with E-state index in [-0.39, 0.29) is 36.4 Å². The molecule has 1 amide bonds. The molecule has 1 aromatic rings. The Morgan fingerprint density at radius 3 is 2.92 bits per heavy atom. The Kier molecular flexibility index (Phi) is 5.68. The fourth-order valence-corrected chi connectivity index (χ4v) is 4.22. The third-order valence-electron chi connectivity index (χ3n) is 5.62. The lowest BCUT2D eigenvalue weighted by molar-refractivity contribution is -0.135. The van der Waals surface area contributed by atoms with Crippen LogP contribution in [0.15, 0.2) is 12.1 Å². The van der Waals surface area contributed by atoms with E-state index in [2.05, 4.69) is 31.3 Å². The predicted molar refractivity (Wildman–Crippen MR) is 104 cm³/mol. The van der Waals surface area contributed by atoms with Crippen molar-refractivity contribution in [2.24, 2.45) is 5.92 Å². The fraction of sp³-hybridized carbons (Fsp3) is 0.650. The van der Waals surface area contributed by atoms with Crippen molar-refractivity contribution in [1.29, 1.82) is 0 Å². The molecule has 3 aliphatic rings. The van der Waals surface area contributed by atoms with Crippen LogP contribution in [0.3, 0.4) is 0 Å². The molecule has 1 N–H and O–H groups in total. The summed E-state index contributed by atoms with van der Waals surface area (Å²) in [5.41, 5.74) is 2.37. The maximum absolute atomic E-state index is 12.9. The van der Waals surface area contributed by atoms with Crippen molar-refractivity contribution >= 4 is 18.3 Å². The van der Waals surface area contributed by atoms with Gasteiger partial charge in [-0.3, -0.25) is 4.79 Å². The second kappa shape index (κ2) is 7.65. The third kappa shape index (κ3) is 3.52. The first-order valence-corrected chi connectivity index (χ1v) is 9.56. The van der Waals surface area contributed by atoms with Gasteiger partial charge in [0.15, 0.2) is 0 Å². The van der Waals surface area contributed by atoms with Crippen molar-refractivity contribution in [3.05, 3.63) is 23.3 Å². The summed E-state index contributed by atoms with van der Waals surface area (Å²) in [6, 6.07) is 4.53. The minimum Gasteiger partial charge on any atom is -0.494 e. The zero-order chi connectivity index (χ0) is 17.6. The van der Waals surface area contributed by atoms with Gasteiger partial charge >= 0.3 is 0 Å². The number of ether oxygens (including phenoxy) is 2. The summed E-state index contributed by atoms with van der Waals surface area (Å²) in [6.45, 7) is 9.45. The van der Waals surface area contributed by atoms with Gasteiger partial charge in [-0.05, 0) is 39.3 Å². The van der Waals surface area contributed by atoms with E-state index in [0.717, 1.165) is 49.5 Å². The van der Waals surface area contributed by atoms with E-state index in [4.69, 9.17) is 9.47 Å². The summed E-state index contributed by atoms with van der Waals surface area (Å²) in [7, 11) is 0. The first-order valence-electron chi connectivity index (χ1n) is 9.56.